The highest BCUT2D eigenvalue weighted by Crippen LogP contribution is 2.39. The second-order valence-electron chi connectivity index (χ2n) is 7.60. The van der Waals surface area contributed by atoms with E-state index in [4.69, 9.17) is 40.5 Å². The van der Waals surface area contributed by atoms with Crippen LogP contribution < -0.4 is 5.73 Å². The fourth-order valence-corrected chi connectivity index (χ4v) is 5.03. The van der Waals surface area contributed by atoms with Crippen LogP contribution in [-0.2, 0) is 6.54 Å². The molecule has 1 radical (unpaired) electrons. The summed E-state index contributed by atoms with van der Waals surface area (Å²) in [6.07, 6.45) is 0. The summed E-state index contributed by atoms with van der Waals surface area (Å²) in [6.45, 7) is 0.140. The Morgan fingerprint density at radius 1 is 0.939 bits per heavy atom. The zero-order valence-corrected chi connectivity index (χ0v) is 19.3. The van der Waals surface area contributed by atoms with E-state index in [1.54, 1.807) is 48.5 Å². The first-order valence-electron chi connectivity index (χ1n) is 10.0. The Labute approximate surface area is 204 Å². The normalized spacial score (nSPS) is 11.4. The number of fused-ring (bicyclic) bond motifs is 3. The number of hydrogen-bond donors (Lipinski definition) is 1. The lowest BCUT2D eigenvalue weighted by Gasteiger charge is -2.12. The molecule has 0 unspecified atom stereocenters. The number of carbonyl (C=O) groups excluding carboxylic acids is 1. The maximum Gasteiger partial charge on any atom is 0.249 e. The smallest absolute Gasteiger partial charge is 0.249 e. The van der Waals surface area contributed by atoms with Gasteiger partial charge in [0.1, 0.15) is 5.82 Å². The van der Waals surface area contributed by atoms with Crippen molar-refractivity contribution in [3.63, 3.8) is 0 Å². The number of aromatic nitrogens is 1. The molecule has 0 saturated heterocycles. The number of carbonyl (C=O) groups is 1. The highest BCUT2D eigenvalue weighted by molar-refractivity contribution is 6.39. The van der Waals surface area contributed by atoms with Gasteiger partial charge in [-0.1, -0.05) is 53.0 Å². The first-order valence-corrected chi connectivity index (χ1v) is 11.1. The molecule has 0 aliphatic rings. The van der Waals surface area contributed by atoms with Gasteiger partial charge < -0.3 is 10.3 Å². The van der Waals surface area contributed by atoms with E-state index < -0.39 is 11.7 Å². The first-order chi connectivity index (χ1) is 15.9. The van der Waals surface area contributed by atoms with Gasteiger partial charge in [0, 0.05) is 42.5 Å². The van der Waals surface area contributed by atoms with Crippen molar-refractivity contribution in [2.24, 2.45) is 5.73 Å². The summed E-state index contributed by atoms with van der Waals surface area (Å²) in [5, 5.41) is 2.62. The minimum Gasteiger partial charge on any atom is -0.366 e. The van der Waals surface area contributed by atoms with Crippen molar-refractivity contribution in [2.75, 3.05) is 0 Å². The Balaban J connectivity index is 1.86. The van der Waals surface area contributed by atoms with Crippen LogP contribution in [0.3, 0.4) is 0 Å². The standard InChI is InChI=1S/C26H15Cl3FN2O/c27-18-5-3-8-21(30)17(18)13-32-22-9-1-4-16(26(31)33)25(22)15-11-10-14(12-23(15)32)24-19(28)6-2-7-20(24)29/h1-10,12H,13H2,(H2,31,33). The Morgan fingerprint density at radius 2 is 1.61 bits per heavy atom. The van der Waals surface area contributed by atoms with Crippen molar-refractivity contribution in [1.29, 1.82) is 0 Å². The molecule has 33 heavy (non-hydrogen) atoms. The van der Waals surface area contributed by atoms with E-state index in [2.05, 4.69) is 6.07 Å². The van der Waals surface area contributed by atoms with E-state index in [0.29, 0.717) is 53.6 Å². The summed E-state index contributed by atoms with van der Waals surface area (Å²) in [5.41, 5.74) is 9.18. The molecule has 2 N–H and O–H groups in total. The van der Waals surface area contributed by atoms with E-state index in [0.717, 1.165) is 5.56 Å². The van der Waals surface area contributed by atoms with Crippen LogP contribution in [0.2, 0.25) is 15.1 Å². The maximum atomic E-state index is 14.7. The van der Waals surface area contributed by atoms with Gasteiger partial charge >= 0.3 is 0 Å². The topological polar surface area (TPSA) is 48.0 Å². The lowest BCUT2D eigenvalue weighted by molar-refractivity contribution is 0.100. The summed E-state index contributed by atoms with van der Waals surface area (Å²) in [5.74, 6) is -0.979. The minimum absolute atomic E-state index is 0.140. The molecule has 1 amide bonds. The van der Waals surface area contributed by atoms with Gasteiger partial charge in [-0.3, -0.25) is 4.79 Å². The average Bonchev–Trinajstić information content (AvgIpc) is 3.09. The van der Waals surface area contributed by atoms with Crippen molar-refractivity contribution in [3.05, 3.63) is 105 Å². The third kappa shape index (κ3) is 3.65. The lowest BCUT2D eigenvalue weighted by atomic mass is 10.0. The van der Waals surface area contributed by atoms with Crippen LogP contribution in [0.1, 0.15) is 15.9 Å². The molecular formula is C26H15Cl3FN2O. The second-order valence-corrected chi connectivity index (χ2v) is 8.82. The van der Waals surface area contributed by atoms with Crippen molar-refractivity contribution >= 4 is 62.5 Å². The summed E-state index contributed by atoms with van der Waals surface area (Å²) in [7, 11) is 0. The molecule has 163 valence electrons. The van der Waals surface area contributed by atoms with Gasteiger partial charge in [-0.2, -0.15) is 0 Å². The molecule has 0 spiro atoms. The maximum absolute atomic E-state index is 14.7. The molecule has 0 fully saturated rings. The van der Waals surface area contributed by atoms with Crippen LogP contribution in [0, 0.1) is 11.9 Å². The molecule has 4 aromatic carbocycles. The first kappa shape index (κ1) is 21.8. The lowest BCUT2D eigenvalue weighted by Crippen LogP contribution is -2.11. The van der Waals surface area contributed by atoms with Crippen molar-refractivity contribution in [1.82, 2.24) is 4.57 Å². The minimum atomic E-state index is -0.560. The number of nitrogens with zero attached hydrogens (tertiary/aromatic N) is 1. The molecule has 5 aromatic rings. The summed E-state index contributed by atoms with van der Waals surface area (Å²) >= 11 is 19.2. The molecule has 0 aliphatic heterocycles. The summed E-state index contributed by atoms with van der Waals surface area (Å²) in [6, 6.07) is 22.1. The Morgan fingerprint density at radius 3 is 2.30 bits per heavy atom. The van der Waals surface area contributed by atoms with Crippen molar-refractivity contribution in [2.45, 2.75) is 6.54 Å². The molecule has 0 aliphatic carbocycles. The predicted octanol–water partition coefficient (Wildman–Crippen LogP) is 7.51. The molecule has 0 saturated carbocycles. The molecule has 0 bridgehead atoms. The van der Waals surface area contributed by atoms with E-state index in [1.807, 2.05) is 16.7 Å². The number of halogens is 4. The summed E-state index contributed by atoms with van der Waals surface area (Å²) < 4.78 is 16.6. The Bertz CT molecular complexity index is 1540. The van der Waals surface area contributed by atoms with Crippen LogP contribution in [0.15, 0.2) is 66.7 Å². The van der Waals surface area contributed by atoms with E-state index in [9.17, 15) is 9.18 Å². The fraction of sp³-hybridized carbons (Fsp3) is 0.0385. The van der Waals surface area contributed by atoms with Crippen LogP contribution in [0.4, 0.5) is 4.39 Å². The second kappa shape index (κ2) is 8.38. The zero-order valence-electron chi connectivity index (χ0n) is 17.0. The van der Waals surface area contributed by atoms with Crippen molar-refractivity contribution < 1.29 is 9.18 Å². The molecule has 5 rings (SSSR count). The monoisotopic (exact) mass is 495 g/mol. The van der Waals surface area contributed by atoms with E-state index in [-0.39, 0.29) is 6.54 Å². The zero-order chi connectivity index (χ0) is 23.3. The highest BCUT2D eigenvalue weighted by atomic mass is 35.5. The number of nitrogens with two attached hydrogens (primary N) is 1. The molecule has 7 heteroatoms. The largest absolute Gasteiger partial charge is 0.366 e. The van der Waals surface area contributed by atoms with Gasteiger partial charge in [-0.25, -0.2) is 4.39 Å². The third-order valence-electron chi connectivity index (χ3n) is 5.69. The molecular weight excluding hydrogens is 482 g/mol. The van der Waals surface area contributed by atoms with Crippen LogP contribution in [0.5, 0.6) is 0 Å². The molecule has 1 aromatic heterocycles. The Kier molecular flexibility index (Phi) is 5.53. The van der Waals surface area contributed by atoms with E-state index >= 15 is 0 Å². The van der Waals surface area contributed by atoms with Gasteiger partial charge in [-0.05, 0) is 60.2 Å². The fourth-order valence-electron chi connectivity index (χ4n) is 4.19. The number of amides is 1. The number of hydrogen-bond acceptors (Lipinski definition) is 1. The van der Waals surface area contributed by atoms with Gasteiger partial charge in [0.25, 0.3) is 0 Å². The number of rotatable bonds is 4. The number of benzene rings is 4. The highest BCUT2D eigenvalue weighted by Gasteiger charge is 2.20. The van der Waals surface area contributed by atoms with Crippen molar-refractivity contribution in [3.8, 4) is 11.1 Å². The van der Waals surface area contributed by atoms with Crippen LogP contribution in [0.25, 0.3) is 32.9 Å². The quantitative estimate of drug-likeness (QED) is 0.275. The van der Waals surface area contributed by atoms with Gasteiger partial charge in [0.15, 0.2) is 0 Å². The third-order valence-corrected chi connectivity index (χ3v) is 6.67. The average molecular weight is 497 g/mol. The Hall–Kier alpha value is -3.05. The predicted molar refractivity (Wildman–Crippen MR) is 133 cm³/mol. The van der Waals surface area contributed by atoms with Gasteiger partial charge in [0.2, 0.25) is 5.91 Å². The SMILES string of the molecule is NC(=O)c1cccc2c1c1[c]cc(-c3c(Cl)cccc3Cl)cc1n2Cc1c(F)cccc1Cl. The number of primary amides is 1. The van der Waals surface area contributed by atoms with Crippen LogP contribution >= 0.6 is 34.8 Å². The van der Waals surface area contributed by atoms with Gasteiger partial charge in [-0.15, -0.1) is 0 Å². The van der Waals surface area contributed by atoms with Crippen LogP contribution in [-0.4, -0.2) is 10.5 Å². The molecule has 0 atom stereocenters. The summed E-state index contributed by atoms with van der Waals surface area (Å²) in [4.78, 5) is 12.2. The molecule has 3 nitrogen and oxygen atoms in total. The van der Waals surface area contributed by atoms with E-state index in [1.165, 1.54) is 6.07 Å². The van der Waals surface area contributed by atoms with Gasteiger partial charge in [0.05, 0.1) is 17.6 Å². The molecule has 1 heterocycles.